The van der Waals surface area contributed by atoms with Gasteiger partial charge in [0, 0.05) is 5.41 Å². The summed E-state index contributed by atoms with van der Waals surface area (Å²) in [6, 6.07) is 19.6. The van der Waals surface area contributed by atoms with Crippen LogP contribution in [0.1, 0.15) is 24.5 Å². The molecule has 20 heavy (non-hydrogen) atoms. The Labute approximate surface area is 119 Å². The molecule has 0 bridgehead atoms. The number of hydrogen-bond donors (Lipinski definition) is 1. The van der Waals surface area contributed by atoms with Crippen LogP contribution in [-0.4, -0.2) is 11.1 Å². The molecule has 1 N–H and O–H groups in total. The van der Waals surface area contributed by atoms with E-state index in [2.05, 4.69) is 0 Å². The van der Waals surface area contributed by atoms with Gasteiger partial charge >= 0.3 is 5.97 Å². The minimum Gasteiger partial charge on any atom is -0.481 e. The Morgan fingerprint density at radius 1 is 1.00 bits per heavy atom. The maximum absolute atomic E-state index is 11.4. The predicted molar refractivity (Wildman–Crippen MR) is 80.7 cm³/mol. The lowest BCUT2D eigenvalue weighted by molar-refractivity contribution is -0.137. The zero-order valence-corrected chi connectivity index (χ0v) is 11.5. The molecule has 102 valence electrons. The molecule has 2 rings (SSSR count). The Balaban J connectivity index is 2.66. The number of carboxylic acid groups (broad SMARTS) is 1. The quantitative estimate of drug-likeness (QED) is 0.830. The summed E-state index contributed by atoms with van der Waals surface area (Å²) in [6.07, 6.45) is 3.93. The maximum Gasteiger partial charge on any atom is 0.304 e. The van der Waals surface area contributed by atoms with Crippen LogP contribution in [-0.2, 0) is 10.2 Å². The summed E-state index contributed by atoms with van der Waals surface area (Å²) in [6.45, 7) is 1.92. The number of benzene rings is 2. The van der Waals surface area contributed by atoms with Crippen LogP contribution in [0.25, 0.3) is 0 Å². The smallest absolute Gasteiger partial charge is 0.304 e. The van der Waals surface area contributed by atoms with Crippen LogP contribution in [0, 0.1) is 0 Å². The topological polar surface area (TPSA) is 37.3 Å². The first-order valence-electron chi connectivity index (χ1n) is 6.66. The number of allylic oxidation sites excluding steroid dienone is 2. The Kier molecular flexibility index (Phi) is 4.36. The standard InChI is InChI=1S/C18H18O2/c1-2-13-18(14-17(19)20,15-9-5-3-6-10-15)16-11-7-4-8-12-16/h2-13H,14H2,1H3,(H,19,20)/b13-2+. The van der Waals surface area contributed by atoms with E-state index in [1.54, 1.807) is 0 Å². The molecular formula is C18H18O2. The van der Waals surface area contributed by atoms with Gasteiger partial charge in [0.2, 0.25) is 0 Å². The third kappa shape index (κ3) is 2.80. The molecular weight excluding hydrogens is 248 g/mol. The average molecular weight is 266 g/mol. The van der Waals surface area contributed by atoms with Gasteiger partial charge in [-0.05, 0) is 18.1 Å². The summed E-state index contributed by atoms with van der Waals surface area (Å²) in [5, 5.41) is 9.36. The first kappa shape index (κ1) is 14.1. The molecule has 0 saturated carbocycles. The van der Waals surface area contributed by atoms with Crippen LogP contribution >= 0.6 is 0 Å². The molecule has 2 nitrogen and oxygen atoms in total. The highest BCUT2D eigenvalue weighted by molar-refractivity contribution is 5.71. The number of carboxylic acids is 1. The molecule has 0 aliphatic carbocycles. The van der Waals surface area contributed by atoms with Gasteiger partial charge in [-0.3, -0.25) is 4.79 Å². The monoisotopic (exact) mass is 266 g/mol. The zero-order valence-electron chi connectivity index (χ0n) is 11.5. The predicted octanol–water partition coefficient (Wildman–Crippen LogP) is 4.02. The average Bonchev–Trinajstić information content (AvgIpc) is 2.48. The largest absolute Gasteiger partial charge is 0.481 e. The Bertz CT molecular complexity index is 546. The number of aliphatic carboxylic acids is 1. The minimum absolute atomic E-state index is 0.0331. The summed E-state index contributed by atoms with van der Waals surface area (Å²) >= 11 is 0. The molecule has 0 heterocycles. The molecule has 0 unspecified atom stereocenters. The zero-order chi connectivity index (χ0) is 14.4. The van der Waals surface area contributed by atoms with Crippen molar-refractivity contribution in [3.8, 4) is 0 Å². The third-order valence-electron chi connectivity index (χ3n) is 3.46. The molecule has 0 saturated heterocycles. The van der Waals surface area contributed by atoms with Crippen molar-refractivity contribution in [1.29, 1.82) is 0 Å². The van der Waals surface area contributed by atoms with Crippen LogP contribution in [0.4, 0.5) is 0 Å². The molecule has 0 spiro atoms. The van der Waals surface area contributed by atoms with Crippen LogP contribution in [0.15, 0.2) is 72.8 Å². The van der Waals surface area contributed by atoms with Gasteiger partial charge in [-0.15, -0.1) is 0 Å². The van der Waals surface area contributed by atoms with Crippen molar-refractivity contribution in [2.75, 3.05) is 0 Å². The van der Waals surface area contributed by atoms with E-state index in [1.165, 1.54) is 0 Å². The molecule has 0 fully saturated rings. The van der Waals surface area contributed by atoms with E-state index in [4.69, 9.17) is 0 Å². The minimum atomic E-state index is -0.809. The first-order chi connectivity index (χ1) is 9.69. The van der Waals surface area contributed by atoms with Crippen molar-refractivity contribution in [2.24, 2.45) is 0 Å². The van der Waals surface area contributed by atoms with E-state index < -0.39 is 11.4 Å². The number of carbonyl (C=O) groups is 1. The van der Waals surface area contributed by atoms with Crippen molar-refractivity contribution in [3.63, 3.8) is 0 Å². The molecule has 0 atom stereocenters. The summed E-state index contributed by atoms with van der Waals surface area (Å²) in [7, 11) is 0. The van der Waals surface area contributed by atoms with Gasteiger partial charge in [0.05, 0.1) is 6.42 Å². The Morgan fingerprint density at radius 3 is 1.80 bits per heavy atom. The highest BCUT2D eigenvalue weighted by Crippen LogP contribution is 2.37. The lowest BCUT2D eigenvalue weighted by atomic mass is 9.72. The molecule has 0 aliphatic rings. The molecule has 2 heteroatoms. The van der Waals surface area contributed by atoms with Gasteiger partial charge in [-0.25, -0.2) is 0 Å². The van der Waals surface area contributed by atoms with E-state index in [9.17, 15) is 9.90 Å². The van der Waals surface area contributed by atoms with E-state index in [1.807, 2.05) is 79.7 Å². The number of hydrogen-bond acceptors (Lipinski definition) is 1. The van der Waals surface area contributed by atoms with Gasteiger partial charge in [0.15, 0.2) is 0 Å². The summed E-state index contributed by atoms with van der Waals surface area (Å²) in [5.41, 5.74) is 1.36. The fourth-order valence-electron chi connectivity index (χ4n) is 2.62. The van der Waals surface area contributed by atoms with Crippen molar-refractivity contribution < 1.29 is 9.90 Å². The van der Waals surface area contributed by atoms with Crippen LogP contribution in [0.3, 0.4) is 0 Å². The van der Waals surface area contributed by atoms with Crippen LogP contribution < -0.4 is 0 Å². The summed E-state index contributed by atoms with van der Waals surface area (Å²) in [5.74, 6) is -0.809. The van der Waals surface area contributed by atoms with Gasteiger partial charge in [-0.2, -0.15) is 0 Å². The lowest BCUT2D eigenvalue weighted by Gasteiger charge is -2.30. The maximum atomic E-state index is 11.4. The second kappa shape index (κ2) is 6.20. The van der Waals surface area contributed by atoms with Gasteiger partial charge < -0.3 is 5.11 Å². The first-order valence-corrected chi connectivity index (χ1v) is 6.66. The lowest BCUT2D eigenvalue weighted by Crippen LogP contribution is -2.28. The van der Waals surface area contributed by atoms with Gasteiger partial charge in [-0.1, -0.05) is 72.8 Å². The van der Waals surface area contributed by atoms with E-state index in [0.717, 1.165) is 11.1 Å². The summed E-state index contributed by atoms with van der Waals surface area (Å²) in [4.78, 5) is 11.4. The molecule has 2 aromatic rings. The second-order valence-electron chi connectivity index (χ2n) is 4.77. The Hall–Kier alpha value is -2.35. The Morgan fingerprint density at radius 2 is 1.45 bits per heavy atom. The molecule has 0 radical (unpaired) electrons. The van der Waals surface area contributed by atoms with Crippen molar-refractivity contribution >= 4 is 5.97 Å². The van der Waals surface area contributed by atoms with Crippen molar-refractivity contribution in [2.45, 2.75) is 18.8 Å². The van der Waals surface area contributed by atoms with Crippen molar-refractivity contribution in [3.05, 3.63) is 83.9 Å². The highest BCUT2D eigenvalue weighted by Gasteiger charge is 2.33. The third-order valence-corrected chi connectivity index (χ3v) is 3.46. The van der Waals surface area contributed by atoms with Crippen LogP contribution in [0.2, 0.25) is 0 Å². The second-order valence-corrected chi connectivity index (χ2v) is 4.77. The van der Waals surface area contributed by atoms with Crippen molar-refractivity contribution in [1.82, 2.24) is 0 Å². The molecule has 0 aromatic heterocycles. The fraction of sp³-hybridized carbons (Fsp3) is 0.167. The number of rotatable bonds is 5. The SMILES string of the molecule is C/C=C/C(CC(=O)O)(c1ccccc1)c1ccccc1. The molecule has 0 amide bonds. The van der Waals surface area contributed by atoms with Crippen LogP contribution in [0.5, 0.6) is 0 Å². The van der Waals surface area contributed by atoms with Gasteiger partial charge in [0.25, 0.3) is 0 Å². The van der Waals surface area contributed by atoms with Gasteiger partial charge in [0.1, 0.15) is 0 Å². The molecule has 0 aliphatic heterocycles. The fourth-order valence-corrected chi connectivity index (χ4v) is 2.62. The molecule has 2 aromatic carbocycles. The van der Waals surface area contributed by atoms with E-state index in [0.29, 0.717) is 0 Å². The van der Waals surface area contributed by atoms with E-state index in [-0.39, 0.29) is 6.42 Å². The van der Waals surface area contributed by atoms with E-state index >= 15 is 0 Å². The summed E-state index contributed by atoms with van der Waals surface area (Å²) < 4.78 is 0. The normalized spacial score (nSPS) is 11.7. The highest BCUT2D eigenvalue weighted by atomic mass is 16.4.